The summed E-state index contributed by atoms with van der Waals surface area (Å²) in [5.41, 5.74) is -0.747. The van der Waals surface area contributed by atoms with Crippen LogP contribution < -0.4 is 46.0 Å². The van der Waals surface area contributed by atoms with Crippen molar-refractivity contribution >= 4 is 56.6 Å². The molecule has 2 aromatic rings. The van der Waals surface area contributed by atoms with Gasteiger partial charge in [-0.1, -0.05) is 27.7 Å². The normalized spacial score (nSPS) is 15.5. The summed E-state index contributed by atoms with van der Waals surface area (Å²) in [4.78, 5) is 97.9. The van der Waals surface area contributed by atoms with Crippen LogP contribution in [0.25, 0.3) is 0 Å². The Morgan fingerprint density at radius 3 is 1.53 bits per heavy atom. The molecule has 3 radical (unpaired) electrons. The van der Waals surface area contributed by atoms with Crippen LogP contribution in [-0.4, -0.2) is 116 Å². The Morgan fingerprint density at radius 1 is 0.779 bits per heavy atom. The van der Waals surface area contributed by atoms with Crippen LogP contribution in [0.4, 0.5) is 17.6 Å². The van der Waals surface area contributed by atoms with Crippen molar-refractivity contribution in [2.24, 2.45) is 11.8 Å². The van der Waals surface area contributed by atoms with Gasteiger partial charge in [-0.3, -0.25) is 23.5 Å². The van der Waals surface area contributed by atoms with Crippen molar-refractivity contribution in [3.63, 3.8) is 0 Å². The maximum atomic E-state index is 14.2. The number of hydrogen-bond acceptors (Lipinski definition) is 15. The summed E-state index contributed by atoms with van der Waals surface area (Å²) in [5.74, 6) is -4.46. The van der Waals surface area contributed by atoms with Gasteiger partial charge in [-0.2, -0.15) is 0 Å². The number of likely N-dealkylation sites (tertiary alicyclic amines) is 1. The first-order valence-corrected chi connectivity index (χ1v) is 21.5. The molecule has 0 spiro atoms. The first-order chi connectivity index (χ1) is 31.0. The average molecular weight is 1000 g/mol. The second-order valence-corrected chi connectivity index (χ2v) is 15.8. The molecule has 2 aromatic heterocycles. The number of halogens is 5. The zero-order valence-electron chi connectivity index (χ0n) is 40.7. The number of hydrogen-bond donors (Lipinski definition) is 1. The van der Waals surface area contributed by atoms with Gasteiger partial charge in [0.2, 0.25) is 5.97 Å². The summed E-state index contributed by atoms with van der Waals surface area (Å²) in [6.45, 7) is 18.0. The molecular weight excluding hydrogens is 938 g/mol. The third-order valence-corrected chi connectivity index (χ3v) is 8.98. The van der Waals surface area contributed by atoms with Crippen LogP contribution in [0, 0.1) is 23.5 Å². The van der Waals surface area contributed by atoms with Gasteiger partial charge in [0, 0.05) is 65.8 Å². The molecule has 24 heteroatoms. The second kappa shape index (κ2) is 37.8. The van der Waals surface area contributed by atoms with E-state index >= 15 is 0 Å². The molecule has 0 saturated carbocycles. The first-order valence-electron chi connectivity index (χ1n) is 21.5. The number of ether oxygens (including phenoxy) is 2. The molecule has 0 bridgehead atoms. The molecule has 4 atom stereocenters. The molecule has 2 aliphatic rings. The zero-order valence-corrected chi connectivity index (χ0v) is 43.5. The number of nitrogens with one attached hydrogen (secondary N) is 1. The maximum Gasteiger partial charge on any atom is 1.00 e. The smallest absolute Gasteiger partial charge is 0.793 e. The Bertz CT molecular complexity index is 1950. The summed E-state index contributed by atoms with van der Waals surface area (Å²) in [7, 11) is 4.32. The summed E-state index contributed by atoms with van der Waals surface area (Å²) in [6.07, 6.45) is 4.57. The summed E-state index contributed by atoms with van der Waals surface area (Å²) < 4.78 is 68.9. The molecule has 68 heavy (non-hydrogen) atoms. The van der Waals surface area contributed by atoms with E-state index in [4.69, 9.17) is 9.47 Å². The molecule has 1 N–H and O–H groups in total. The van der Waals surface area contributed by atoms with E-state index in [9.17, 15) is 55.9 Å². The minimum absolute atomic E-state index is 0. The standard InChI is InChI=1S/C19H28F2N2O3.C15H20FNO4.C4H8FN.C4H6O4.C2H3BO2.ClH.Na/c1-4-26-19(25)17(9-13(2)3)23-11-14(10-16(21)18(23)24)5-7-22-8-6-15(20)12-22;1-4-21-15(20)13(7-10(2)3)17-9-11(5-6-18)8-12(16)14(17)19;5-4-1-2-6-3-4;1-3(5)7-8-4(2)6;1-2(4)5-3;;/h10-11,13,15,17H,4-9,12H2,1-3H3;6,8-10,13H,4-5,7H2,1-3H3;4,6H,1-3H2;1-2H3;1H3;1H;/q;;;;-1;;+1/t15-,17?;;4-;;;;/m1.1..../s1. The summed E-state index contributed by atoms with van der Waals surface area (Å²) in [6, 6.07) is 0.488. The van der Waals surface area contributed by atoms with Crippen molar-refractivity contribution in [3.8, 4) is 0 Å². The second-order valence-electron chi connectivity index (χ2n) is 15.8. The molecule has 0 aliphatic carbocycles. The van der Waals surface area contributed by atoms with Crippen molar-refractivity contribution in [2.45, 2.75) is 125 Å². The predicted octanol–water partition coefficient (Wildman–Crippen LogP) is 2.01. The molecule has 2 saturated heterocycles. The molecule has 2 fully saturated rings. The minimum atomic E-state index is -0.979. The number of alkyl halides is 2. The van der Waals surface area contributed by atoms with Gasteiger partial charge in [0.25, 0.3) is 11.1 Å². The monoisotopic (exact) mass is 1000 g/mol. The fourth-order valence-electron chi connectivity index (χ4n) is 6.08. The predicted molar refractivity (Wildman–Crippen MR) is 242 cm³/mol. The Hall–Kier alpha value is -4.09. The summed E-state index contributed by atoms with van der Waals surface area (Å²) >= 11 is 0. The fraction of sp³-hybridized carbons (Fsp3) is 0.636. The van der Waals surface area contributed by atoms with E-state index in [0.717, 1.165) is 35.6 Å². The number of nitrogens with zero attached hydrogens (tertiary/aromatic N) is 3. The third-order valence-electron chi connectivity index (χ3n) is 8.98. The van der Waals surface area contributed by atoms with Crippen LogP contribution in [0.1, 0.15) is 111 Å². The van der Waals surface area contributed by atoms with Crippen LogP contribution in [0.5, 0.6) is 0 Å². The number of rotatable bonds is 15. The topological polar surface area (TPSA) is 208 Å². The van der Waals surface area contributed by atoms with Gasteiger partial charge >= 0.3 is 53.4 Å². The molecule has 17 nitrogen and oxygen atoms in total. The molecule has 4 heterocycles. The Labute approximate surface area is 424 Å². The molecule has 2 unspecified atom stereocenters. The van der Waals surface area contributed by atoms with Gasteiger partial charge in [-0.25, -0.2) is 46.5 Å². The van der Waals surface area contributed by atoms with E-state index in [0.29, 0.717) is 75.7 Å². The number of aldehydes is 1. The van der Waals surface area contributed by atoms with E-state index in [-0.39, 0.29) is 73.4 Å². The van der Waals surface area contributed by atoms with Crippen LogP contribution in [0.15, 0.2) is 34.1 Å². The number of carbonyl (C=O) groups excluding carboxylic acids is 6. The van der Waals surface area contributed by atoms with E-state index in [1.165, 1.54) is 19.2 Å². The van der Waals surface area contributed by atoms with Gasteiger partial charge in [0.05, 0.1) is 13.2 Å². The number of esters is 2. The van der Waals surface area contributed by atoms with Crippen molar-refractivity contribution < 1.29 is 99.8 Å². The van der Waals surface area contributed by atoms with Crippen molar-refractivity contribution in [1.82, 2.24) is 19.4 Å². The fourth-order valence-corrected chi connectivity index (χ4v) is 6.08. The SMILES string of the molecule is CC(=O)OOC(C)=O.CCOC(=O)C(CC(C)C)n1cc(CC=O)cc(F)c1=O.CCOC(=O)C(CC(C)C)n1cc(CCN2CC[C@@H](F)C2)cc(F)c1=O.Cl.F[C@@H]1CCNC1.[B-]OC(C)=O.[Na+]. The number of pyridine rings is 2. The van der Waals surface area contributed by atoms with Gasteiger partial charge in [-0.15, -0.1) is 12.4 Å². The van der Waals surface area contributed by atoms with E-state index in [1.54, 1.807) is 20.0 Å². The molecular formula is C44H66BClF4N4NaO13. The molecule has 0 aromatic carbocycles. The molecule has 4 rings (SSSR count). The minimum Gasteiger partial charge on any atom is -0.793 e. The van der Waals surface area contributed by atoms with Crippen LogP contribution in [0.3, 0.4) is 0 Å². The van der Waals surface area contributed by atoms with Gasteiger partial charge in [0.15, 0.2) is 11.6 Å². The Morgan fingerprint density at radius 2 is 1.22 bits per heavy atom. The quantitative estimate of drug-likeness (QED) is 0.0677. The molecule has 2 aliphatic heterocycles. The summed E-state index contributed by atoms with van der Waals surface area (Å²) in [5, 5.41) is 2.90. The van der Waals surface area contributed by atoms with Crippen LogP contribution >= 0.6 is 12.4 Å². The van der Waals surface area contributed by atoms with Crippen LogP contribution in [-0.2, 0) is 65.5 Å². The maximum absolute atomic E-state index is 14.2. The van der Waals surface area contributed by atoms with Crippen molar-refractivity contribution in [1.29, 1.82) is 0 Å². The molecule has 0 amide bonds. The number of aromatic nitrogens is 2. The Kier molecular flexibility index (Phi) is 37.9. The van der Waals surface area contributed by atoms with Crippen LogP contribution in [0.2, 0.25) is 0 Å². The van der Waals surface area contributed by atoms with Gasteiger partial charge < -0.3 is 37.2 Å². The first kappa shape index (κ1) is 68.2. The largest absolute Gasteiger partial charge is 1.00 e. The number of carbonyl (C=O) groups is 6. The van der Waals surface area contributed by atoms with Crippen molar-refractivity contribution in [2.75, 3.05) is 45.9 Å². The third kappa shape index (κ3) is 29.1. The van der Waals surface area contributed by atoms with Crippen molar-refractivity contribution in [3.05, 3.63) is 68.0 Å². The van der Waals surface area contributed by atoms with Gasteiger partial charge in [0.1, 0.15) is 30.7 Å². The zero-order chi connectivity index (χ0) is 50.5. The van der Waals surface area contributed by atoms with Gasteiger partial charge in [-0.05, 0) is 87.6 Å². The average Bonchev–Trinajstić information content (AvgIpc) is 3.91. The van der Waals surface area contributed by atoms with E-state index in [2.05, 4.69) is 27.8 Å². The van der Waals surface area contributed by atoms with E-state index in [1.807, 2.05) is 32.6 Å². The van der Waals surface area contributed by atoms with E-state index < -0.39 is 77.0 Å². The molecule has 379 valence electrons. The Balaban J connectivity index is -0.000000888.